The van der Waals surface area contributed by atoms with E-state index < -0.39 is 0 Å². The van der Waals surface area contributed by atoms with Crippen molar-refractivity contribution in [1.29, 1.82) is 0 Å². The molecule has 7 nitrogen and oxygen atoms in total. The monoisotopic (exact) mass is 418 g/mol. The first-order valence-corrected chi connectivity index (χ1v) is 10.1. The predicted molar refractivity (Wildman–Crippen MR) is 108 cm³/mol. The van der Waals surface area contributed by atoms with Crippen LogP contribution in [0.1, 0.15) is 35.1 Å². The molecule has 4 heterocycles. The molecule has 0 unspecified atom stereocenters. The number of aliphatic hydroxyl groups is 1. The van der Waals surface area contributed by atoms with E-state index in [4.69, 9.17) is 26.5 Å². The molecule has 9 heteroatoms. The van der Waals surface area contributed by atoms with Crippen LogP contribution < -0.4 is 11.1 Å². The normalized spacial score (nSPS) is 19.4. The van der Waals surface area contributed by atoms with Crippen LogP contribution >= 0.6 is 22.9 Å². The zero-order valence-electron chi connectivity index (χ0n) is 14.9. The first-order valence-electron chi connectivity index (χ1n) is 8.90. The van der Waals surface area contributed by atoms with Crippen molar-refractivity contribution in [3.63, 3.8) is 0 Å². The lowest BCUT2D eigenvalue weighted by Crippen LogP contribution is -2.34. The molecule has 0 amide bonds. The van der Waals surface area contributed by atoms with Crippen molar-refractivity contribution in [3.8, 4) is 11.8 Å². The van der Waals surface area contributed by atoms with Gasteiger partial charge in [-0.1, -0.05) is 11.8 Å². The Bertz CT molecular complexity index is 1030. The second kappa shape index (κ2) is 8.47. The van der Waals surface area contributed by atoms with Gasteiger partial charge >= 0.3 is 0 Å². The van der Waals surface area contributed by atoms with E-state index in [1.807, 2.05) is 12.1 Å². The first kappa shape index (κ1) is 19.2. The SMILES string of the molecule is N[C@H]1CCCO[C@@H]1c1sc2c(NCc3ccco3)nc(Cl)nc2c1C#CCO. The lowest BCUT2D eigenvalue weighted by Gasteiger charge is -2.28. The van der Waals surface area contributed by atoms with E-state index >= 15 is 0 Å². The maximum absolute atomic E-state index is 9.18. The Kier molecular flexibility index (Phi) is 5.80. The number of ether oxygens (including phenoxy) is 1. The minimum atomic E-state index is -0.271. The number of rotatable bonds is 4. The molecular formula is C19H19ClN4O3S. The van der Waals surface area contributed by atoms with Gasteiger partial charge in [-0.3, -0.25) is 0 Å². The second-order valence-electron chi connectivity index (χ2n) is 6.35. The van der Waals surface area contributed by atoms with Crippen molar-refractivity contribution < 1.29 is 14.3 Å². The number of thiophene rings is 1. The number of halogens is 1. The zero-order valence-corrected chi connectivity index (χ0v) is 16.5. The van der Waals surface area contributed by atoms with E-state index in [1.54, 1.807) is 6.26 Å². The lowest BCUT2D eigenvalue weighted by molar-refractivity contribution is 0.00226. The minimum absolute atomic E-state index is 0.111. The Morgan fingerprint density at radius 1 is 1.43 bits per heavy atom. The number of fused-ring (bicyclic) bond motifs is 1. The number of aromatic nitrogens is 2. The van der Waals surface area contributed by atoms with Gasteiger partial charge in [-0.25, -0.2) is 4.98 Å². The van der Waals surface area contributed by atoms with Gasteiger partial charge < -0.3 is 25.3 Å². The molecule has 4 N–H and O–H groups in total. The molecule has 0 aromatic carbocycles. The third-order valence-corrected chi connectivity index (χ3v) is 5.88. The first-order chi connectivity index (χ1) is 13.7. The number of hydrogen-bond donors (Lipinski definition) is 3. The third kappa shape index (κ3) is 3.85. The summed E-state index contributed by atoms with van der Waals surface area (Å²) in [7, 11) is 0. The van der Waals surface area contributed by atoms with Crippen LogP contribution in [-0.4, -0.2) is 34.3 Å². The second-order valence-corrected chi connectivity index (χ2v) is 7.74. The third-order valence-electron chi connectivity index (χ3n) is 4.46. The molecule has 146 valence electrons. The summed E-state index contributed by atoms with van der Waals surface area (Å²) >= 11 is 7.67. The highest BCUT2D eigenvalue weighted by Crippen LogP contribution is 2.41. The molecule has 1 saturated heterocycles. The van der Waals surface area contributed by atoms with E-state index in [0.717, 1.165) is 28.2 Å². The summed E-state index contributed by atoms with van der Waals surface area (Å²) in [6.45, 7) is 0.853. The largest absolute Gasteiger partial charge is 0.467 e. The van der Waals surface area contributed by atoms with Gasteiger partial charge in [0.1, 0.15) is 29.8 Å². The van der Waals surface area contributed by atoms with E-state index in [9.17, 15) is 5.11 Å². The van der Waals surface area contributed by atoms with Gasteiger partial charge in [0.15, 0.2) is 0 Å². The Hall–Kier alpha value is -2.15. The summed E-state index contributed by atoms with van der Waals surface area (Å²) in [6.07, 6.45) is 3.16. The van der Waals surface area contributed by atoms with Crippen molar-refractivity contribution in [2.45, 2.75) is 31.5 Å². The van der Waals surface area contributed by atoms with Crippen LogP contribution in [0.25, 0.3) is 10.2 Å². The Morgan fingerprint density at radius 3 is 3.07 bits per heavy atom. The number of hydrogen-bond acceptors (Lipinski definition) is 8. The van der Waals surface area contributed by atoms with Gasteiger partial charge in [0.05, 0.1) is 27.9 Å². The number of anilines is 1. The molecule has 1 fully saturated rings. The van der Waals surface area contributed by atoms with Crippen LogP contribution in [0.2, 0.25) is 5.28 Å². The summed E-state index contributed by atoms with van der Waals surface area (Å²) in [5.41, 5.74) is 7.63. The standard InChI is InChI=1S/C19H19ClN4O3S/c20-19-23-14-12(5-1-7-25)16(15-13(21)6-3-9-27-15)28-17(14)18(24-19)22-10-11-4-2-8-26-11/h2,4,8,13,15,25H,3,6-7,9-10,21H2,(H,22,23,24)/t13-,15-/m0/s1. The molecular weight excluding hydrogens is 400 g/mol. The molecule has 0 spiro atoms. The van der Waals surface area contributed by atoms with Crippen molar-refractivity contribution in [2.75, 3.05) is 18.5 Å². The molecule has 1 aliphatic rings. The van der Waals surface area contributed by atoms with Crippen molar-refractivity contribution in [1.82, 2.24) is 9.97 Å². The van der Waals surface area contributed by atoms with Crippen LogP contribution in [0, 0.1) is 11.8 Å². The highest BCUT2D eigenvalue weighted by molar-refractivity contribution is 7.20. The van der Waals surface area contributed by atoms with Gasteiger partial charge in [-0.05, 0) is 36.6 Å². The highest BCUT2D eigenvalue weighted by Gasteiger charge is 2.30. The van der Waals surface area contributed by atoms with Crippen molar-refractivity contribution in [3.05, 3.63) is 39.9 Å². The van der Waals surface area contributed by atoms with E-state index in [0.29, 0.717) is 30.0 Å². The van der Waals surface area contributed by atoms with E-state index in [2.05, 4.69) is 27.1 Å². The van der Waals surface area contributed by atoms with Gasteiger partial charge in [0, 0.05) is 12.6 Å². The molecule has 28 heavy (non-hydrogen) atoms. The fourth-order valence-corrected chi connectivity index (χ4v) is 4.65. The summed E-state index contributed by atoms with van der Waals surface area (Å²) in [4.78, 5) is 9.63. The van der Waals surface area contributed by atoms with Gasteiger partial charge in [-0.15, -0.1) is 11.3 Å². The maximum Gasteiger partial charge on any atom is 0.225 e. The van der Waals surface area contributed by atoms with E-state index in [1.165, 1.54) is 11.3 Å². The average molecular weight is 419 g/mol. The number of furan rings is 1. The van der Waals surface area contributed by atoms with Gasteiger partial charge in [0.2, 0.25) is 5.28 Å². The Morgan fingerprint density at radius 2 is 2.32 bits per heavy atom. The summed E-state index contributed by atoms with van der Waals surface area (Å²) in [5, 5.41) is 12.5. The quantitative estimate of drug-likeness (QED) is 0.441. The molecule has 0 saturated carbocycles. The Balaban J connectivity index is 1.80. The smallest absolute Gasteiger partial charge is 0.225 e. The van der Waals surface area contributed by atoms with E-state index in [-0.39, 0.29) is 24.0 Å². The topological polar surface area (TPSA) is 106 Å². The highest BCUT2D eigenvalue weighted by atomic mass is 35.5. The number of nitrogens with two attached hydrogens (primary N) is 1. The molecule has 2 atom stereocenters. The van der Waals surface area contributed by atoms with Crippen molar-refractivity contribution in [2.24, 2.45) is 5.73 Å². The molecule has 3 aromatic rings. The number of aliphatic hydroxyl groups excluding tert-OH is 1. The summed E-state index contributed by atoms with van der Waals surface area (Å²) in [6, 6.07) is 3.58. The fraction of sp³-hybridized carbons (Fsp3) is 0.368. The van der Waals surface area contributed by atoms with Crippen molar-refractivity contribution >= 4 is 39.0 Å². The van der Waals surface area contributed by atoms with Crippen LogP contribution in [-0.2, 0) is 11.3 Å². The molecule has 3 aromatic heterocycles. The predicted octanol–water partition coefficient (Wildman–Crippen LogP) is 3.07. The molecule has 0 radical (unpaired) electrons. The fourth-order valence-electron chi connectivity index (χ4n) is 3.19. The van der Waals surface area contributed by atoms with Crippen LogP contribution in [0.15, 0.2) is 22.8 Å². The number of nitrogens with one attached hydrogen (secondary N) is 1. The zero-order chi connectivity index (χ0) is 19.5. The molecule has 4 rings (SSSR count). The molecule has 0 aliphatic carbocycles. The maximum atomic E-state index is 9.18. The molecule has 0 bridgehead atoms. The summed E-state index contributed by atoms with van der Waals surface area (Å²) in [5.74, 6) is 7.09. The lowest BCUT2D eigenvalue weighted by atomic mass is 10.00. The summed E-state index contributed by atoms with van der Waals surface area (Å²) < 4.78 is 12.1. The van der Waals surface area contributed by atoms with Crippen LogP contribution in [0.5, 0.6) is 0 Å². The van der Waals surface area contributed by atoms with Crippen LogP contribution in [0.4, 0.5) is 5.82 Å². The minimum Gasteiger partial charge on any atom is -0.467 e. The molecule has 1 aliphatic heterocycles. The van der Waals surface area contributed by atoms with Crippen LogP contribution in [0.3, 0.4) is 0 Å². The van der Waals surface area contributed by atoms with Gasteiger partial charge in [0.25, 0.3) is 0 Å². The Labute approximate surface area is 170 Å². The number of nitrogens with zero attached hydrogens (tertiary/aromatic N) is 2. The van der Waals surface area contributed by atoms with Gasteiger partial charge in [-0.2, -0.15) is 4.98 Å². The average Bonchev–Trinajstić information content (AvgIpc) is 3.33.